The SMILES string of the molecule is Cc1nc(-c2ccncc2)n2c1CN(C(=O)c1csc3c1CCCC3)CC2. The Hall–Kier alpha value is -2.47. The van der Waals surface area contributed by atoms with Crippen molar-refractivity contribution in [3.8, 4) is 11.4 Å². The zero-order valence-electron chi connectivity index (χ0n) is 15.4. The Morgan fingerprint density at radius 2 is 1.96 bits per heavy atom. The number of carbonyl (C=O) groups excluding carboxylic acids is 1. The van der Waals surface area contributed by atoms with Crippen LogP contribution in [-0.4, -0.2) is 31.9 Å². The number of rotatable bonds is 2. The zero-order chi connectivity index (χ0) is 18.4. The van der Waals surface area contributed by atoms with Crippen LogP contribution in [0.4, 0.5) is 0 Å². The van der Waals surface area contributed by atoms with Gasteiger partial charge < -0.3 is 9.47 Å². The molecule has 0 unspecified atom stereocenters. The van der Waals surface area contributed by atoms with Crippen LogP contribution >= 0.6 is 11.3 Å². The van der Waals surface area contributed by atoms with Crippen molar-refractivity contribution in [1.29, 1.82) is 0 Å². The average molecular weight is 379 g/mol. The third-order valence-corrected chi connectivity index (χ3v) is 6.81. The second-order valence-corrected chi connectivity index (χ2v) is 8.30. The third kappa shape index (κ3) is 2.79. The van der Waals surface area contributed by atoms with E-state index in [0.717, 1.165) is 54.3 Å². The van der Waals surface area contributed by atoms with E-state index >= 15 is 0 Å². The maximum absolute atomic E-state index is 13.2. The van der Waals surface area contributed by atoms with Gasteiger partial charge in [-0.25, -0.2) is 4.98 Å². The van der Waals surface area contributed by atoms with Crippen LogP contribution in [0.5, 0.6) is 0 Å². The van der Waals surface area contributed by atoms with Crippen molar-refractivity contribution in [3.05, 3.63) is 57.3 Å². The summed E-state index contributed by atoms with van der Waals surface area (Å²) in [5.41, 5.74) is 5.47. The van der Waals surface area contributed by atoms with Gasteiger partial charge in [0.2, 0.25) is 0 Å². The molecule has 5 nitrogen and oxygen atoms in total. The predicted molar refractivity (Wildman–Crippen MR) is 106 cm³/mol. The Labute approximate surface area is 162 Å². The lowest BCUT2D eigenvalue weighted by molar-refractivity contribution is 0.0710. The van der Waals surface area contributed by atoms with Crippen LogP contribution in [0.2, 0.25) is 0 Å². The van der Waals surface area contributed by atoms with Gasteiger partial charge in [-0.05, 0) is 50.3 Å². The Kier molecular flexibility index (Phi) is 4.08. The normalized spacial score (nSPS) is 16.1. The molecule has 0 aromatic carbocycles. The van der Waals surface area contributed by atoms with Gasteiger partial charge in [-0.3, -0.25) is 9.78 Å². The second kappa shape index (κ2) is 6.60. The molecule has 0 saturated carbocycles. The van der Waals surface area contributed by atoms with Crippen LogP contribution in [0.25, 0.3) is 11.4 Å². The molecular formula is C21H22N4OS. The highest BCUT2D eigenvalue weighted by molar-refractivity contribution is 7.10. The number of amides is 1. The van der Waals surface area contributed by atoms with Crippen molar-refractivity contribution in [2.75, 3.05) is 6.54 Å². The number of hydrogen-bond donors (Lipinski definition) is 0. The first-order valence-corrected chi connectivity index (χ1v) is 10.5. The highest BCUT2D eigenvalue weighted by atomic mass is 32.1. The lowest BCUT2D eigenvalue weighted by atomic mass is 9.95. The molecule has 138 valence electrons. The molecule has 0 bridgehead atoms. The van der Waals surface area contributed by atoms with Crippen molar-refractivity contribution >= 4 is 17.2 Å². The lowest BCUT2D eigenvalue weighted by Gasteiger charge is -2.30. The van der Waals surface area contributed by atoms with E-state index in [0.29, 0.717) is 6.54 Å². The number of aryl methyl sites for hydroxylation is 2. The summed E-state index contributed by atoms with van der Waals surface area (Å²) >= 11 is 1.76. The number of hydrogen-bond acceptors (Lipinski definition) is 4. The summed E-state index contributed by atoms with van der Waals surface area (Å²) < 4.78 is 2.26. The summed E-state index contributed by atoms with van der Waals surface area (Å²) in [4.78, 5) is 25.5. The molecule has 5 rings (SSSR count). The predicted octanol–water partition coefficient (Wildman–Crippen LogP) is 3.85. The average Bonchev–Trinajstić information content (AvgIpc) is 3.29. The van der Waals surface area contributed by atoms with E-state index in [1.54, 1.807) is 23.7 Å². The lowest BCUT2D eigenvalue weighted by Crippen LogP contribution is -2.38. The second-order valence-electron chi connectivity index (χ2n) is 7.34. The Morgan fingerprint density at radius 3 is 2.81 bits per heavy atom. The van der Waals surface area contributed by atoms with Gasteiger partial charge in [0.1, 0.15) is 5.82 Å². The van der Waals surface area contributed by atoms with Crippen molar-refractivity contribution < 1.29 is 4.79 Å². The van der Waals surface area contributed by atoms with Crippen molar-refractivity contribution in [2.24, 2.45) is 0 Å². The summed E-state index contributed by atoms with van der Waals surface area (Å²) in [7, 11) is 0. The largest absolute Gasteiger partial charge is 0.331 e. The molecule has 3 aromatic heterocycles. The number of fused-ring (bicyclic) bond motifs is 2. The fourth-order valence-corrected chi connectivity index (χ4v) is 5.39. The fourth-order valence-electron chi connectivity index (χ4n) is 4.27. The van der Waals surface area contributed by atoms with Gasteiger partial charge in [0.15, 0.2) is 0 Å². The Balaban J connectivity index is 1.44. The Bertz CT molecular complexity index is 1000. The first-order chi connectivity index (χ1) is 13.2. The summed E-state index contributed by atoms with van der Waals surface area (Å²) in [6, 6.07) is 3.98. The van der Waals surface area contributed by atoms with Gasteiger partial charge in [-0.1, -0.05) is 0 Å². The van der Waals surface area contributed by atoms with Gasteiger partial charge in [0.05, 0.1) is 23.5 Å². The van der Waals surface area contributed by atoms with Crippen LogP contribution < -0.4 is 0 Å². The van der Waals surface area contributed by atoms with Gasteiger partial charge in [0, 0.05) is 41.3 Å². The fraction of sp³-hybridized carbons (Fsp3) is 0.381. The minimum atomic E-state index is 0.187. The number of pyridine rings is 1. The quantitative estimate of drug-likeness (QED) is 0.681. The van der Waals surface area contributed by atoms with Gasteiger partial charge in [0.25, 0.3) is 5.91 Å². The molecule has 27 heavy (non-hydrogen) atoms. The number of carbonyl (C=O) groups is 1. The number of thiophene rings is 1. The summed E-state index contributed by atoms with van der Waals surface area (Å²) in [5, 5.41) is 2.08. The zero-order valence-corrected chi connectivity index (χ0v) is 16.3. The number of imidazole rings is 1. The monoisotopic (exact) mass is 378 g/mol. The van der Waals surface area contributed by atoms with Gasteiger partial charge >= 0.3 is 0 Å². The summed E-state index contributed by atoms with van der Waals surface area (Å²) in [6.45, 7) is 4.18. The highest BCUT2D eigenvalue weighted by Gasteiger charge is 2.29. The van der Waals surface area contributed by atoms with Crippen LogP contribution in [0, 0.1) is 6.92 Å². The molecule has 2 aliphatic rings. The van der Waals surface area contributed by atoms with E-state index in [2.05, 4.69) is 14.9 Å². The molecule has 0 atom stereocenters. The minimum Gasteiger partial charge on any atom is -0.331 e. The minimum absolute atomic E-state index is 0.187. The van der Waals surface area contributed by atoms with E-state index in [4.69, 9.17) is 4.98 Å². The summed E-state index contributed by atoms with van der Waals surface area (Å²) in [5.74, 6) is 1.16. The molecule has 0 radical (unpaired) electrons. The molecule has 1 aliphatic carbocycles. The molecule has 1 amide bonds. The number of nitrogens with zero attached hydrogens (tertiary/aromatic N) is 4. The van der Waals surface area contributed by atoms with Gasteiger partial charge in [-0.2, -0.15) is 0 Å². The van der Waals surface area contributed by atoms with E-state index in [1.165, 1.54) is 23.3 Å². The topological polar surface area (TPSA) is 51.0 Å². The van der Waals surface area contributed by atoms with Gasteiger partial charge in [-0.15, -0.1) is 11.3 Å². The third-order valence-electron chi connectivity index (χ3n) is 5.72. The highest BCUT2D eigenvalue weighted by Crippen LogP contribution is 2.32. The van der Waals surface area contributed by atoms with Crippen molar-refractivity contribution in [2.45, 2.75) is 45.7 Å². The van der Waals surface area contributed by atoms with E-state index in [-0.39, 0.29) is 5.91 Å². The van der Waals surface area contributed by atoms with Crippen LogP contribution in [0.15, 0.2) is 29.9 Å². The van der Waals surface area contributed by atoms with Crippen molar-refractivity contribution in [1.82, 2.24) is 19.4 Å². The molecule has 1 aliphatic heterocycles. The first-order valence-electron chi connectivity index (χ1n) is 9.57. The Morgan fingerprint density at radius 1 is 1.15 bits per heavy atom. The molecule has 3 aromatic rings. The van der Waals surface area contributed by atoms with E-state index in [9.17, 15) is 4.79 Å². The van der Waals surface area contributed by atoms with Crippen LogP contribution in [0.1, 0.15) is 45.0 Å². The molecule has 0 spiro atoms. The van der Waals surface area contributed by atoms with Crippen LogP contribution in [0.3, 0.4) is 0 Å². The molecule has 0 N–H and O–H groups in total. The maximum atomic E-state index is 13.2. The van der Waals surface area contributed by atoms with Crippen LogP contribution in [-0.2, 0) is 25.9 Å². The smallest absolute Gasteiger partial charge is 0.255 e. The molecule has 4 heterocycles. The van der Waals surface area contributed by atoms with Crippen molar-refractivity contribution in [3.63, 3.8) is 0 Å². The summed E-state index contributed by atoms with van der Waals surface area (Å²) in [6.07, 6.45) is 8.23. The van der Waals surface area contributed by atoms with E-state index < -0.39 is 0 Å². The number of aromatic nitrogens is 3. The first kappa shape index (κ1) is 16.7. The molecule has 0 fully saturated rings. The molecular weight excluding hydrogens is 356 g/mol. The standard InChI is InChI=1S/C21H22N4OS/c1-14-18-12-24(21(26)17-13-27-19-5-3-2-4-16(17)19)10-11-25(18)20(23-14)15-6-8-22-9-7-15/h6-9,13H,2-5,10-12H2,1H3. The van der Waals surface area contributed by atoms with E-state index in [1.807, 2.05) is 24.0 Å². The molecule has 0 saturated heterocycles. The molecule has 6 heteroatoms. The maximum Gasteiger partial charge on any atom is 0.255 e.